The number of amides is 2. The molecule has 6 nitrogen and oxygen atoms in total. The fourth-order valence-corrected chi connectivity index (χ4v) is 4.16. The Morgan fingerprint density at radius 1 is 1.12 bits per heavy atom. The van der Waals surface area contributed by atoms with E-state index >= 15 is 0 Å². The zero-order valence-electron chi connectivity index (χ0n) is 14.9. The van der Waals surface area contributed by atoms with E-state index in [1.54, 1.807) is 36.1 Å². The minimum Gasteiger partial charge on any atom is -0.326 e. The van der Waals surface area contributed by atoms with E-state index in [1.807, 2.05) is 18.2 Å². The van der Waals surface area contributed by atoms with E-state index in [4.69, 9.17) is 0 Å². The van der Waals surface area contributed by atoms with Crippen molar-refractivity contribution in [1.82, 2.24) is 9.78 Å². The summed E-state index contributed by atoms with van der Waals surface area (Å²) in [7, 11) is 0. The van der Waals surface area contributed by atoms with E-state index in [2.05, 4.69) is 15.7 Å². The molecule has 0 aliphatic heterocycles. The van der Waals surface area contributed by atoms with E-state index in [0.717, 1.165) is 5.69 Å². The second-order valence-corrected chi connectivity index (χ2v) is 7.36. The van der Waals surface area contributed by atoms with E-state index in [9.17, 15) is 9.59 Å². The van der Waals surface area contributed by atoms with Crippen LogP contribution in [0.25, 0.3) is 0 Å². The molecule has 2 N–H and O–H groups in total. The highest BCUT2D eigenvalue weighted by Crippen LogP contribution is 2.55. The molecule has 136 valence electrons. The van der Waals surface area contributed by atoms with Crippen LogP contribution in [0.2, 0.25) is 0 Å². The zero-order chi connectivity index (χ0) is 18.1. The highest BCUT2D eigenvalue weighted by atomic mass is 16.2. The lowest BCUT2D eigenvalue weighted by Gasteiger charge is -2.13. The van der Waals surface area contributed by atoms with Crippen LogP contribution in [0.4, 0.5) is 11.4 Å². The number of hydrogen-bond donors (Lipinski definition) is 2. The van der Waals surface area contributed by atoms with Gasteiger partial charge in [0.25, 0.3) is 0 Å². The Bertz CT molecular complexity index is 790. The van der Waals surface area contributed by atoms with Gasteiger partial charge < -0.3 is 10.6 Å². The Kier molecular flexibility index (Phi) is 4.49. The van der Waals surface area contributed by atoms with Gasteiger partial charge in [0, 0.05) is 29.7 Å². The summed E-state index contributed by atoms with van der Waals surface area (Å²) in [5, 5.41) is 10.0. The van der Waals surface area contributed by atoms with Gasteiger partial charge in [-0.25, -0.2) is 0 Å². The molecule has 2 aromatic rings. The molecule has 0 bridgehead atoms. The second kappa shape index (κ2) is 6.94. The Morgan fingerprint density at radius 3 is 2.46 bits per heavy atom. The number of aromatic nitrogens is 2. The van der Waals surface area contributed by atoms with Crippen molar-refractivity contribution in [2.24, 2.45) is 17.8 Å². The third kappa shape index (κ3) is 3.36. The molecule has 1 aromatic heterocycles. The highest BCUT2D eigenvalue weighted by Gasteiger charge is 2.54. The van der Waals surface area contributed by atoms with Crippen LogP contribution < -0.4 is 10.6 Å². The van der Waals surface area contributed by atoms with Gasteiger partial charge in [0.05, 0.1) is 0 Å². The molecule has 2 aliphatic carbocycles. The maximum absolute atomic E-state index is 12.5. The molecule has 1 aromatic carbocycles. The summed E-state index contributed by atoms with van der Waals surface area (Å²) < 4.78 is 1.61. The second-order valence-electron chi connectivity index (χ2n) is 7.36. The summed E-state index contributed by atoms with van der Waals surface area (Å²) in [5.41, 5.74) is 1.39. The van der Waals surface area contributed by atoms with Crippen molar-refractivity contribution in [2.75, 3.05) is 10.6 Å². The van der Waals surface area contributed by atoms with Crippen LogP contribution in [0, 0.1) is 17.8 Å². The summed E-state index contributed by atoms with van der Waals surface area (Å²) in [6.07, 6.45) is 8.28. The first-order valence-electron chi connectivity index (χ1n) is 9.34. The molecule has 6 heteroatoms. The van der Waals surface area contributed by atoms with Crippen molar-refractivity contribution >= 4 is 23.2 Å². The van der Waals surface area contributed by atoms with Gasteiger partial charge in [-0.3, -0.25) is 14.3 Å². The van der Waals surface area contributed by atoms with Crippen molar-refractivity contribution in [1.29, 1.82) is 0 Å². The first kappa shape index (κ1) is 16.8. The largest absolute Gasteiger partial charge is 0.326 e. The van der Waals surface area contributed by atoms with Crippen molar-refractivity contribution in [3.8, 4) is 0 Å². The van der Waals surface area contributed by atoms with Gasteiger partial charge in [-0.2, -0.15) is 5.10 Å². The quantitative estimate of drug-likeness (QED) is 0.865. The van der Waals surface area contributed by atoms with E-state index in [0.29, 0.717) is 17.5 Å². The van der Waals surface area contributed by atoms with E-state index in [-0.39, 0.29) is 17.7 Å². The lowest BCUT2D eigenvalue weighted by molar-refractivity contribution is -0.119. The van der Waals surface area contributed by atoms with Crippen LogP contribution in [0.5, 0.6) is 0 Å². The molecule has 26 heavy (non-hydrogen) atoms. The molecule has 2 fully saturated rings. The van der Waals surface area contributed by atoms with Gasteiger partial charge in [0.15, 0.2) is 0 Å². The summed E-state index contributed by atoms with van der Waals surface area (Å²) in [6.45, 7) is 1.79. The first-order valence-corrected chi connectivity index (χ1v) is 9.34. The van der Waals surface area contributed by atoms with Crippen LogP contribution in [-0.4, -0.2) is 21.6 Å². The predicted octanol–water partition coefficient (Wildman–Crippen LogP) is 3.46. The normalized spacial score (nSPS) is 25.0. The smallest absolute Gasteiger partial charge is 0.248 e. The van der Waals surface area contributed by atoms with Crippen LogP contribution in [0.15, 0.2) is 42.7 Å². The number of benzene rings is 1. The third-order valence-electron chi connectivity index (χ3n) is 5.66. The molecule has 4 rings (SSSR count). The molecule has 2 aliphatic rings. The summed E-state index contributed by atoms with van der Waals surface area (Å²) in [5.74, 6) is 1.32. The van der Waals surface area contributed by atoms with Crippen LogP contribution in [-0.2, 0) is 9.59 Å². The van der Waals surface area contributed by atoms with Gasteiger partial charge >= 0.3 is 0 Å². The SMILES string of the molecule is C[C@H](C(=O)Nc1cccc(NC(=O)C2[C@H]3CCCC[C@H]23)c1)n1cccn1. The number of nitrogens with zero attached hydrogens (tertiary/aromatic N) is 2. The Morgan fingerprint density at radius 2 is 1.81 bits per heavy atom. The molecule has 2 saturated carbocycles. The summed E-state index contributed by atoms with van der Waals surface area (Å²) in [6, 6.07) is 8.70. The van der Waals surface area contributed by atoms with Crippen molar-refractivity contribution < 1.29 is 9.59 Å². The van der Waals surface area contributed by atoms with Gasteiger partial charge in [-0.1, -0.05) is 18.9 Å². The van der Waals surface area contributed by atoms with Crippen molar-refractivity contribution in [2.45, 2.75) is 38.6 Å². The first-order chi connectivity index (χ1) is 12.6. The average molecular weight is 352 g/mol. The van der Waals surface area contributed by atoms with Gasteiger partial charge in [-0.05, 0) is 55.9 Å². The monoisotopic (exact) mass is 352 g/mol. The highest BCUT2D eigenvalue weighted by molar-refractivity contribution is 5.97. The third-order valence-corrected chi connectivity index (χ3v) is 5.66. The number of anilines is 2. The van der Waals surface area contributed by atoms with Gasteiger partial charge in [0.2, 0.25) is 11.8 Å². The molecule has 1 heterocycles. The average Bonchev–Trinajstić information content (AvgIpc) is 3.12. The molecule has 2 amide bonds. The maximum atomic E-state index is 12.5. The molecule has 0 saturated heterocycles. The number of fused-ring (bicyclic) bond motifs is 1. The van der Waals surface area contributed by atoms with Crippen LogP contribution in [0.1, 0.15) is 38.6 Å². The molecule has 3 atom stereocenters. The fourth-order valence-electron chi connectivity index (χ4n) is 4.16. The number of nitrogens with one attached hydrogen (secondary N) is 2. The molecular formula is C20H24N4O2. The minimum atomic E-state index is -0.405. The Hall–Kier alpha value is -2.63. The van der Waals surface area contributed by atoms with Gasteiger partial charge in [-0.15, -0.1) is 0 Å². The molecule has 0 unspecified atom stereocenters. The lowest BCUT2D eigenvalue weighted by Crippen LogP contribution is -2.24. The topological polar surface area (TPSA) is 76.0 Å². The fraction of sp³-hybridized carbons (Fsp3) is 0.450. The summed E-state index contributed by atoms with van der Waals surface area (Å²) >= 11 is 0. The lowest BCUT2D eigenvalue weighted by atomic mass is 10.0. The molecular weight excluding hydrogens is 328 g/mol. The number of rotatable bonds is 5. The Labute approximate surface area is 153 Å². The summed E-state index contributed by atoms with van der Waals surface area (Å²) in [4.78, 5) is 24.9. The number of carbonyl (C=O) groups excluding carboxylic acids is 2. The van der Waals surface area contributed by atoms with E-state index < -0.39 is 6.04 Å². The van der Waals surface area contributed by atoms with Gasteiger partial charge in [0.1, 0.15) is 6.04 Å². The van der Waals surface area contributed by atoms with Crippen LogP contribution in [0.3, 0.4) is 0 Å². The van der Waals surface area contributed by atoms with Crippen molar-refractivity contribution in [3.63, 3.8) is 0 Å². The number of hydrogen-bond acceptors (Lipinski definition) is 3. The maximum Gasteiger partial charge on any atom is 0.248 e. The zero-order valence-corrected chi connectivity index (χ0v) is 14.9. The van der Waals surface area contributed by atoms with Crippen LogP contribution >= 0.6 is 0 Å². The molecule has 0 spiro atoms. The van der Waals surface area contributed by atoms with E-state index in [1.165, 1.54) is 25.7 Å². The van der Waals surface area contributed by atoms with Crippen molar-refractivity contribution in [3.05, 3.63) is 42.7 Å². The number of carbonyl (C=O) groups is 2. The predicted molar refractivity (Wildman–Crippen MR) is 99.6 cm³/mol. The Balaban J connectivity index is 1.37. The molecule has 0 radical (unpaired) electrons. The standard InChI is InChI=1S/C20H24N4O2/c1-13(24-11-5-10-21-24)19(25)22-14-6-4-7-15(12-14)23-20(26)18-16-8-2-3-9-17(16)18/h4-7,10-13,16-18H,2-3,8-9H2,1H3,(H,22,25)(H,23,26)/t13-,16+,17+/m1/s1. The minimum absolute atomic E-state index is 0.121.